The molecule has 1 amide bonds. The number of rotatable bonds is 5. The van der Waals surface area contributed by atoms with Crippen molar-refractivity contribution in [2.24, 2.45) is 5.73 Å². The average Bonchev–Trinajstić information content (AvgIpc) is 2.73. The number of carbonyl (C=O) groups is 1. The highest BCUT2D eigenvalue weighted by Crippen LogP contribution is 2.21. The summed E-state index contributed by atoms with van der Waals surface area (Å²) in [6.45, 7) is 3.44. The first kappa shape index (κ1) is 12.5. The molecule has 4 heteroatoms. The van der Waals surface area contributed by atoms with Crippen molar-refractivity contribution < 1.29 is 9.53 Å². The third-order valence-electron chi connectivity index (χ3n) is 3.17. The summed E-state index contributed by atoms with van der Waals surface area (Å²) in [7, 11) is 1.60. The molecule has 2 unspecified atom stereocenters. The van der Waals surface area contributed by atoms with E-state index in [1.165, 1.54) is 0 Å². The standard InChI is InChI=1S/C11H22N2O2/c1-3-9-5-4-6-13(9)11(14)7-10(8-12)15-2/h9-10H,3-8,12H2,1-2H3. The molecule has 0 aliphatic carbocycles. The zero-order valence-electron chi connectivity index (χ0n) is 9.74. The molecular formula is C11H22N2O2. The van der Waals surface area contributed by atoms with Crippen LogP contribution in [0.4, 0.5) is 0 Å². The fourth-order valence-electron chi connectivity index (χ4n) is 2.16. The first-order chi connectivity index (χ1) is 7.22. The van der Waals surface area contributed by atoms with Crippen LogP contribution in [-0.2, 0) is 9.53 Å². The lowest BCUT2D eigenvalue weighted by Crippen LogP contribution is -2.38. The van der Waals surface area contributed by atoms with Crippen molar-refractivity contribution in [2.75, 3.05) is 20.2 Å². The number of methoxy groups -OCH3 is 1. The van der Waals surface area contributed by atoms with Gasteiger partial charge in [0.05, 0.1) is 12.5 Å². The predicted octanol–water partition coefficient (Wildman–Crippen LogP) is 0.751. The van der Waals surface area contributed by atoms with Crippen molar-refractivity contribution in [3.63, 3.8) is 0 Å². The van der Waals surface area contributed by atoms with Crippen LogP contribution in [0.15, 0.2) is 0 Å². The molecule has 0 spiro atoms. The molecule has 0 radical (unpaired) electrons. The van der Waals surface area contributed by atoms with E-state index in [0.717, 1.165) is 25.8 Å². The summed E-state index contributed by atoms with van der Waals surface area (Å²) >= 11 is 0. The number of amides is 1. The Hall–Kier alpha value is -0.610. The van der Waals surface area contributed by atoms with Gasteiger partial charge in [-0.15, -0.1) is 0 Å². The van der Waals surface area contributed by atoms with Crippen LogP contribution in [0.2, 0.25) is 0 Å². The molecular weight excluding hydrogens is 192 g/mol. The van der Waals surface area contributed by atoms with Gasteiger partial charge in [-0.2, -0.15) is 0 Å². The summed E-state index contributed by atoms with van der Waals surface area (Å²) in [5.74, 6) is 0.191. The van der Waals surface area contributed by atoms with E-state index < -0.39 is 0 Å². The van der Waals surface area contributed by atoms with E-state index in [1.54, 1.807) is 7.11 Å². The zero-order valence-corrected chi connectivity index (χ0v) is 9.74. The van der Waals surface area contributed by atoms with Gasteiger partial charge in [0.1, 0.15) is 0 Å². The third-order valence-corrected chi connectivity index (χ3v) is 3.17. The maximum Gasteiger partial charge on any atom is 0.225 e. The Bertz CT molecular complexity index is 205. The zero-order chi connectivity index (χ0) is 11.3. The van der Waals surface area contributed by atoms with E-state index in [0.29, 0.717) is 19.0 Å². The molecule has 0 bridgehead atoms. The second-order valence-electron chi connectivity index (χ2n) is 4.09. The van der Waals surface area contributed by atoms with Crippen molar-refractivity contribution >= 4 is 5.91 Å². The molecule has 1 fully saturated rings. The van der Waals surface area contributed by atoms with E-state index in [1.807, 2.05) is 4.90 Å². The molecule has 2 N–H and O–H groups in total. The van der Waals surface area contributed by atoms with Gasteiger partial charge in [-0.3, -0.25) is 4.79 Å². The van der Waals surface area contributed by atoms with Crippen LogP contribution in [0.1, 0.15) is 32.6 Å². The van der Waals surface area contributed by atoms with E-state index in [2.05, 4.69) is 6.92 Å². The lowest BCUT2D eigenvalue weighted by atomic mass is 10.1. The summed E-state index contributed by atoms with van der Waals surface area (Å²) in [5, 5.41) is 0. The Kier molecular flexibility index (Phi) is 5.05. The fourth-order valence-corrected chi connectivity index (χ4v) is 2.16. The van der Waals surface area contributed by atoms with Gasteiger partial charge in [-0.1, -0.05) is 6.92 Å². The third kappa shape index (κ3) is 3.18. The van der Waals surface area contributed by atoms with Crippen molar-refractivity contribution in [3.05, 3.63) is 0 Å². The second-order valence-corrected chi connectivity index (χ2v) is 4.09. The smallest absolute Gasteiger partial charge is 0.225 e. The summed E-state index contributed by atoms with van der Waals surface area (Å²) in [6, 6.07) is 0.438. The number of nitrogens with two attached hydrogens (primary N) is 1. The van der Waals surface area contributed by atoms with Crippen LogP contribution in [0.25, 0.3) is 0 Å². The van der Waals surface area contributed by atoms with Crippen LogP contribution in [-0.4, -0.2) is 43.2 Å². The molecule has 2 atom stereocenters. The number of ether oxygens (including phenoxy) is 1. The largest absolute Gasteiger partial charge is 0.380 e. The van der Waals surface area contributed by atoms with Crippen molar-refractivity contribution in [1.82, 2.24) is 4.90 Å². The summed E-state index contributed by atoms with van der Waals surface area (Å²) in [6.07, 6.45) is 3.61. The molecule has 1 saturated heterocycles. The quantitative estimate of drug-likeness (QED) is 0.735. The normalized spacial score (nSPS) is 23.1. The Balaban J connectivity index is 2.45. The highest BCUT2D eigenvalue weighted by Gasteiger charge is 2.28. The second kappa shape index (κ2) is 6.08. The molecule has 1 heterocycles. The Morgan fingerprint density at radius 1 is 1.67 bits per heavy atom. The minimum absolute atomic E-state index is 0.129. The summed E-state index contributed by atoms with van der Waals surface area (Å²) in [4.78, 5) is 13.9. The van der Waals surface area contributed by atoms with Crippen molar-refractivity contribution in [3.8, 4) is 0 Å². The van der Waals surface area contributed by atoms with Crippen LogP contribution in [0.5, 0.6) is 0 Å². The van der Waals surface area contributed by atoms with Crippen molar-refractivity contribution in [2.45, 2.75) is 44.8 Å². The Morgan fingerprint density at radius 2 is 2.40 bits per heavy atom. The summed E-state index contributed by atoms with van der Waals surface area (Å²) in [5.41, 5.74) is 5.50. The number of carbonyl (C=O) groups excluding carboxylic acids is 1. The van der Waals surface area contributed by atoms with Gasteiger partial charge < -0.3 is 15.4 Å². The minimum Gasteiger partial charge on any atom is -0.380 e. The molecule has 1 aliphatic heterocycles. The van der Waals surface area contributed by atoms with Gasteiger partial charge in [-0.05, 0) is 19.3 Å². The first-order valence-electron chi connectivity index (χ1n) is 5.75. The topological polar surface area (TPSA) is 55.6 Å². The maximum atomic E-state index is 11.9. The molecule has 88 valence electrons. The monoisotopic (exact) mass is 214 g/mol. The van der Waals surface area contributed by atoms with Crippen LogP contribution in [0.3, 0.4) is 0 Å². The lowest BCUT2D eigenvalue weighted by molar-refractivity contribution is -0.134. The van der Waals surface area contributed by atoms with Gasteiger partial charge in [0, 0.05) is 26.2 Å². The number of likely N-dealkylation sites (tertiary alicyclic amines) is 1. The highest BCUT2D eigenvalue weighted by atomic mass is 16.5. The summed E-state index contributed by atoms with van der Waals surface area (Å²) < 4.78 is 5.13. The number of hydrogen-bond donors (Lipinski definition) is 1. The SMILES string of the molecule is CCC1CCCN1C(=O)CC(CN)OC. The molecule has 15 heavy (non-hydrogen) atoms. The van der Waals surface area contributed by atoms with E-state index in [9.17, 15) is 4.79 Å². The van der Waals surface area contributed by atoms with Gasteiger partial charge in [0.2, 0.25) is 5.91 Å². The highest BCUT2D eigenvalue weighted by molar-refractivity contribution is 5.77. The fraction of sp³-hybridized carbons (Fsp3) is 0.909. The van der Waals surface area contributed by atoms with Crippen LogP contribution >= 0.6 is 0 Å². The Morgan fingerprint density at radius 3 is 2.93 bits per heavy atom. The molecule has 0 saturated carbocycles. The number of nitrogens with zero attached hydrogens (tertiary/aromatic N) is 1. The lowest BCUT2D eigenvalue weighted by Gasteiger charge is -2.25. The predicted molar refractivity (Wildman–Crippen MR) is 59.5 cm³/mol. The van der Waals surface area contributed by atoms with Crippen LogP contribution < -0.4 is 5.73 Å². The molecule has 1 aliphatic rings. The average molecular weight is 214 g/mol. The van der Waals surface area contributed by atoms with Gasteiger partial charge >= 0.3 is 0 Å². The Labute approximate surface area is 91.8 Å². The first-order valence-corrected chi connectivity index (χ1v) is 5.75. The number of hydrogen-bond acceptors (Lipinski definition) is 3. The van der Waals surface area contributed by atoms with Crippen LogP contribution in [0, 0.1) is 0 Å². The molecule has 1 rings (SSSR count). The van der Waals surface area contributed by atoms with E-state index in [4.69, 9.17) is 10.5 Å². The molecule has 4 nitrogen and oxygen atoms in total. The van der Waals surface area contributed by atoms with Gasteiger partial charge in [0.15, 0.2) is 0 Å². The van der Waals surface area contributed by atoms with Crippen molar-refractivity contribution in [1.29, 1.82) is 0 Å². The molecule has 0 aromatic heterocycles. The molecule has 0 aromatic rings. The molecule has 0 aromatic carbocycles. The maximum absolute atomic E-state index is 11.9. The van der Waals surface area contributed by atoms with Gasteiger partial charge in [-0.25, -0.2) is 0 Å². The van der Waals surface area contributed by atoms with E-state index >= 15 is 0 Å². The van der Waals surface area contributed by atoms with Gasteiger partial charge in [0.25, 0.3) is 0 Å². The minimum atomic E-state index is -0.129. The van der Waals surface area contributed by atoms with E-state index in [-0.39, 0.29) is 12.0 Å².